The summed E-state index contributed by atoms with van der Waals surface area (Å²) in [5.74, 6) is 0.868. The summed E-state index contributed by atoms with van der Waals surface area (Å²) in [6, 6.07) is 7.87. The summed E-state index contributed by atoms with van der Waals surface area (Å²) in [7, 11) is 0. The van der Waals surface area contributed by atoms with Gasteiger partial charge in [-0.05, 0) is 37.1 Å². The molecule has 2 N–H and O–H groups in total. The van der Waals surface area contributed by atoms with Gasteiger partial charge in [0.1, 0.15) is 12.4 Å². The summed E-state index contributed by atoms with van der Waals surface area (Å²) in [5, 5.41) is 18.2. The van der Waals surface area contributed by atoms with Crippen LogP contribution in [0.4, 0.5) is 0 Å². The minimum atomic E-state index is -0.331. The number of halogens is 1. The highest BCUT2D eigenvalue weighted by Crippen LogP contribution is 2.28. The lowest BCUT2D eigenvalue weighted by Crippen LogP contribution is -2.21. The third-order valence-corrected chi connectivity index (χ3v) is 4.77. The van der Waals surface area contributed by atoms with Crippen LogP contribution < -0.4 is 4.74 Å². The molecular formula is C19H24ClN3O2. The Kier molecular flexibility index (Phi) is 5.78. The first-order chi connectivity index (χ1) is 12.0. The van der Waals surface area contributed by atoms with Gasteiger partial charge in [-0.15, -0.1) is 0 Å². The Morgan fingerprint density at radius 1 is 1.44 bits per heavy atom. The smallest absolute Gasteiger partial charge is 0.138 e. The van der Waals surface area contributed by atoms with Gasteiger partial charge < -0.3 is 9.84 Å². The molecular weight excluding hydrogens is 338 g/mol. The van der Waals surface area contributed by atoms with Gasteiger partial charge in [0.15, 0.2) is 0 Å². The molecule has 1 aliphatic rings. The monoisotopic (exact) mass is 361 g/mol. The highest BCUT2D eigenvalue weighted by atomic mass is 35.5. The van der Waals surface area contributed by atoms with Crippen LogP contribution in [0, 0.1) is 12.8 Å². The van der Waals surface area contributed by atoms with Crippen LogP contribution in [0.5, 0.6) is 5.75 Å². The Labute approximate surface area is 153 Å². The molecule has 25 heavy (non-hydrogen) atoms. The molecule has 0 aliphatic carbocycles. The number of hydrogen-bond acceptors (Lipinski definition) is 4. The van der Waals surface area contributed by atoms with Gasteiger partial charge in [-0.1, -0.05) is 30.3 Å². The summed E-state index contributed by atoms with van der Waals surface area (Å²) in [4.78, 5) is 2.25. The van der Waals surface area contributed by atoms with Gasteiger partial charge in [0.25, 0.3) is 0 Å². The third-order valence-electron chi connectivity index (χ3n) is 4.47. The second-order valence-electron chi connectivity index (χ2n) is 6.63. The summed E-state index contributed by atoms with van der Waals surface area (Å²) in [6.45, 7) is 8.33. The molecule has 2 aromatic rings. The van der Waals surface area contributed by atoms with Crippen LogP contribution in [-0.2, 0) is 13.0 Å². The number of aliphatic hydroxyl groups excluding tert-OH is 1. The van der Waals surface area contributed by atoms with E-state index in [2.05, 4.69) is 21.7 Å². The number of rotatable bonds is 7. The van der Waals surface area contributed by atoms with Crippen LogP contribution in [0.1, 0.15) is 17.0 Å². The topological polar surface area (TPSA) is 61.4 Å². The van der Waals surface area contributed by atoms with Crippen LogP contribution in [-0.4, -0.2) is 46.0 Å². The molecule has 0 radical (unpaired) electrons. The van der Waals surface area contributed by atoms with Crippen molar-refractivity contribution in [2.75, 3.05) is 19.7 Å². The van der Waals surface area contributed by atoms with Crippen molar-refractivity contribution in [3.05, 3.63) is 58.9 Å². The van der Waals surface area contributed by atoms with Crippen molar-refractivity contribution in [1.29, 1.82) is 0 Å². The number of likely N-dealkylation sites (tertiary alicyclic amines) is 1. The molecule has 134 valence electrons. The molecule has 5 nitrogen and oxygen atoms in total. The highest BCUT2D eigenvalue weighted by molar-refractivity contribution is 6.32. The fraction of sp³-hybridized carbons (Fsp3) is 0.421. The number of aryl methyl sites for hydroxylation is 1. The lowest BCUT2D eigenvalue weighted by atomic mass is 10.0. The van der Waals surface area contributed by atoms with E-state index in [9.17, 15) is 5.11 Å². The van der Waals surface area contributed by atoms with Gasteiger partial charge in [-0.3, -0.25) is 10.00 Å². The zero-order valence-corrected chi connectivity index (χ0v) is 15.2. The largest absolute Gasteiger partial charge is 0.488 e. The minimum Gasteiger partial charge on any atom is -0.488 e. The number of ether oxygens (including phenoxy) is 1. The predicted octanol–water partition coefficient (Wildman–Crippen LogP) is 2.97. The van der Waals surface area contributed by atoms with Gasteiger partial charge in [-0.25, -0.2) is 0 Å². The Morgan fingerprint density at radius 2 is 2.28 bits per heavy atom. The van der Waals surface area contributed by atoms with Crippen LogP contribution in [0.3, 0.4) is 0 Å². The molecule has 2 heterocycles. The third kappa shape index (κ3) is 4.63. The van der Waals surface area contributed by atoms with Crippen molar-refractivity contribution in [3.63, 3.8) is 0 Å². The number of aliphatic hydroxyl groups is 1. The number of benzene rings is 1. The molecule has 0 bridgehead atoms. The Hall–Kier alpha value is -1.82. The van der Waals surface area contributed by atoms with E-state index in [4.69, 9.17) is 16.3 Å². The fourth-order valence-electron chi connectivity index (χ4n) is 3.29. The number of aromatic nitrogens is 2. The lowest BCUT2D eigenvalue weighted by molar-refractivity contribution is 0.140. The van der Waals surface area contributed by atoms with Gasteiger partial charge in [0, 0.05) is 31.2 Å². The quantitative estimate of drug-likeness (QED) is 0.744. The maximum absolute atomic E-state index is 10.4. The van der Waals surface area contributed by atoms with E-state index in [1.807, 2.05) is 31.2 Å². The van der Waals surface area contributed by atoms with E-state index in [1.54, 1.807) is 6.08 Å². The molecule has 1 saturated heterocycles. The average Bonchev–Trinajstić information content (AvgIpc) is 3.13. The normalized spacial score (nSPS) is 20.8. The molecule has 1 aliphatic heterocycles. The molecule has 2 atom stereocenters. The van der Waals surface area contributed by atoms with Crippen molar-refractivity contribution < 1.29 is 9.84 Å². The summed E-state index contributed by atoms with van der Waals surface area (Å²) in [6.07, 6.45) is 2.15. The van der Waals surface area contributed by atoms with Crippen LogP contribution in [0.15, 0.2) is 36.9 Å². The number of β-amino-alcohol motifs (C(OH)–C–C–N with tert-alkyl or cyclic N) is 1. The van der Waals surface area contributed by atoms with Crippen LogP contribution >= 0.6 is 11.6 Å². The molecule has 1 aromatic carbocycles. The van der Waals surface area contributed by atoms with Gasteiger partial charge in [-0.2, -0.15) is 5.10 Å². The maximum atomic E-state index is 10.4. The van der Waals surface area contributed by atoms with E-state index in [0.717, 1.165) is 36.5 Å². The Balaban J connectivity index is 1.58. The Morgan fingerprint density at radius 3 is 2.96 bits per heavy atom. The minimum absolute atomic E-state index is 0.202. The average molecular weight is 362 g/mol. The first kappa shape index (κ1) is 18.0. The number of H-pyrrole nitrogens is 1. The van der Waals surface area contributed by atoms with Crippen LogP contribution in [0.25, 0.3) is 0 Å². The predicted molar refractivity (Wildman–Crippen MR) is 98.9 cm³/mol. The molecule has 3 rings (SSSR count). The van der Waals surface area contributed by atoms with E-state index >= 15 is 0 Å². The molecule has 1 aromatic heterocycles. The molecule has 0 saturated carbocycles. The van der Waals surface area contributed by atoms with Gasteiger partial charge in [0.2, 0.25) is 0 Å². The number of nitrogens with one attached hydrogen (secondary N) is 1. The van der Waals surface area contributed by atoms with Crippen molar-refractivity contribution in [1.82, 2.24) is 15.1 Å². The van der Waals surface area contributed by atoms with Crippen molar-refractivity contribution >= 4 is 11.6 Å². The van der Waals surface area contributed by atoms with E-state index in [1.165, 1.54) is 0 Å². The fourth-order valence-corrected chi connectivity index (χ4v) is 3.54. The van der Waals surface area contributed by atoms with E-state index in [0.29, 0.717) is 23.9 Å². The molecule has 0 spiro atoms. The number of hydrogen-bond donors (Lipinski definition) is 2. The first-order valence-electron chi connectivity index (χ1n) is 8.48. The van der Waals surface area contributed by atoms with Gasteiger partial charge in [0.05, 0.1) is 16.8 Å². The first-order valence-corrected chi connectivity index (χ1v) is 8.86. The zero-order valence-electron chi connectivity index (χ0n) is 14.4. The second-order valence-corrected chi connectivity index (χ2v) is 7.04. The SMILES string of the molecule is C=CCOc1ccc(CN2C[C@@H](Cc3cc(C)[nH]n3)[C@H](O)C2)cc1Cl. The second kappa shape index (κ2) is 8.04. The summed E-state index contributed by atoms with van der Waals surface area (Å²) >= 11 is 6.28. The van der Waals surface area contributed by atoms with E-state index < -0.39 is 0 Å². The number of aromatic amines is 1. The lowest BCUT2D eigenvalue weighted by Gasteiger charge is -2.16. The zero-order chi connectivity index (χ0) is 17.8. The van der Waals surface area contributed by atoms with Crippen molar-refractivity contribution in [3.8, 4) is 5.75 Å². The standard InChI is InChI=1S/C19H24ClN3O2/c1-3-6-25-19-5-4-14(8-17(19)20)10-23-11-15(18(24)12-23)9-16-7-13(2)21-22-16/h3-5,7-8,15,18,24H,1,6,9-12H2,2H3,(H,21,22)/t15-,18-/m1/s1. The molecule has 1 fully saturated rings. The van der Waals surface area contributed by atoms with Crippen LogP contribution in [0.2, 0.25) is 5.02 Å². The van der Waals surface area contributed by atoms with E-state index in [-0.39, 0.29) is 12.0 Å². The molecule has 0 unspecified atom stereocenters. The maximum Gasteiger partial charge on any atom is 0.138 e. The van der Waals surface area contributed by atoms with Gasteiger partial charge >= 0.3 is 0 Å². The molecule has 0 amide bonds. The highest BCUT2D eigenvalue weighted by Gasteiger charge is 2.31. The summed E-state index contributed by atoms with van der Waals surface area (Å²) in [5.41, 5.74) is 3.17. The molecule has 6 heteroatoms. The summed E-state index contributed by atoms with van der Waals surface area (Å²) < 4.78 is 5.50. The van der Waals surface area contributed by atoms with Crippen molar-refractivity contribution in [2.24, 2.45) is 5.92 Å². The number of nitrogens with zero attached hydrogens (tertiary/aromatic N) is 2. The van der Waals surface area contributed by atoms with Crippen molar-refractivity contribution in [2.45, 2.75) is 26.0 Å². The Bertz CT molecular complexity index is 731.